The van der Waals surface area contributed by atoms with Crippen molar-refractivity contribution in [3.63, 3.8) is 0 Å². The van der Waals surface area contributed by atoms with Gasteiger partial charge in [0.2, 0.25) is 17.7 Å². The molecule has 1 N–H and O–H groups in total. The highest BCUT2D eigenvalue weighted by atomic mass is 19.1. The standard InChI is InChI=1S/C16H20FN3O3/c1-10(20-14(21)8-13(16(20)23)19(2)3)15(22)18-9-11-6-4-5-7-12(11)17/h4-7,10,13H,8-9H2,1-3H3,(H,18,22)/t10?,13-/m0/s1. The van der Waals surface area contributed by atoms with E-state index in [0.29, 0.717) is 5.56 Å². The fourth-order valence-electron chi connectivity index (χ4n) is 2.53. The van der Waals surface area contributed by atoms with Gasteiger partial charge in [0.1, 0.15) is 11.9 Å². The van der Waals surface area contributed by atoms with Crippen molar-refractivity contribution < 1.29 is 18.8 Å². The normalized spacial score (nSPS) is 19.3. The molecule has 0 aliphatic carbocycles. The Morgan fingerprint density at radius 3 is 2.61 bits per heavy atom. The van der Waals surface area contributed by atoms with E-state index in [1.807, 2.05) is 0 Å². The zero-order valence-electron chi connectivity index (χ0n) is 13.4. The number of carbonyl (C=O) groups excluding carboxylic acids is 3. The van der Waals surface area contributed by atoms with Crippen molar-refractivity contribution in [2.24, 2.45) is 0 Å². The highest BCUT2D eigenvalue weighted by molar-refractivity contribution is 6.08. The minimum Gasteiger partial charge on any atom is -0.350 e. The van der Waals surface area contributed by atoms with Gasteiger partial charge in [-0.15, -0.1) is 0 Å². The lowest BCUT2D eigenvalue weighted by atomic mass is 10.2. The van der Waals surface area contributed by atoms with Crippen LogP contribution in [-0.4, -0.2) is 53.7 Å². The number of likely N-dealkylation sites (N-methyl/N-ethyl adjacent to an activating group) is 1. The topological polar surface area (TPSA) is 69.7 Å². The van der Waals surface area contributed by atoms with Crippen molar-refractivity contribution in [2.75, 3.05) is 14.1 Å². The third-order valence-electron chi connectivity index (χ3n) is 3.96. The molecule has 1 unspecified atom stereocenters. The third-order valence-corrected chi connectivity index (χ3v) is 3.96. The maximum absolute atomic E-state index is 13.5. The van der Waals surface area contributed by atoms with Gasteiger partial charge in [-0.25, -0.2) is 4.39 Å². The van der Waals surface area contributed by atoms with Gasteiger partial charge in [0, 0.05) is 12.1 Å². The predicted octanol–water partition coefficient (Wildman–Crippen LogP) is 0.520. The van der Waals surface area contributed by atoms with Crippen molar-refractivity contribution in [1.29, 1.82) is 0 Å². The zero-order chi connectivity index (χ0) is 17.1. The van der Waals surface area contributed by atoms with Crippen molar-refractivity contribution >= 4 is 17.7 Å². The lowest BCUT2D eigenvalue weighted by Crippen LogP contribution is -2.49. The number of imide groups is 1. The first-order chi connectivity index (χ1) is 10.8. The quantitative estimate of drug-likeness (QED) is 0.803. The molecule has 2 atom stereocenters. The van der Waals surface area contributed by atoms with E-state index in [1.54, 1.807) is 37.2 Å². The molecule has 1 fully saturated rings. The summed E-state index contributed by atoms with van der Waals surface area (Å²) in [6.07, 6.45) is 0.0662. The summed E-state index contributed by atoms with van der Waals surface area (Å²) in [5.74, 6) is -1.66. The van der Waals surface area contributed by atoms with E-state index >= 15 is 0 Å². The van der Waals surface area contributed by atoms with Gasteiger partial charge in [0.15, 0.2) is 0 Å². The Labute approximate surface area is 134 Å². The second-order valence-corrected chi connectivity index (χ2v) is 5.77. The number of likely N-dealkylation sites (tertiary alicyclic amines) is 1. The van der Waals surface area contributed by atoms with Crippen LogP contribution in [-0.2, 0) is 20.9 Å². The van der Waals surface area contributed by atoms with Crippen LogP contribution >= 0.6 is 0 Å². The van der Waals surface area contributed by atoms with Gasteiger partial charge in [-0.3, -0.25) is 24.2 Å². The van der Waals surface area contributed by atoms with Crippen LogP contribution in [0.25, 0.3) is 0 Å². The number of rotatable bonds is 5. The van der Waals surface area contributed by atoms with E-state index in [9.17, 15) is 18.8 Å². The number of nitrogens with one attached hydrogen (secondary N) is 1. The zero-order valence-corrected chi connectivity index (χ0v) is 13.4. The minimum atomic E-state index is -0.924. The largest absolute Gasteiger partial charge is 0.350 e. The van der Waals surface area contributed by atoms with Gasteiger partial charge in [-0.2, -0.15) is 0 Å². The average Bonchev–Trinajstić information content (AvgIpc) is 2.80. The summed E-state index contributed by atoms with van der Waals surface area (Å²) in [6.45, 7) is 1.49. The molecule has 1 aliphatic heterocycles. The Balaban J connectivity index is 2.01. The predicted molar refractivity (Wildman–Crippen MR) is 81.7 cm³/mol. The fraction of sp³-hybridized carbons (Fsp3) is 0.438. The lowest BCUT2D eigenvalue weighted by molar-refractivity contribution is -0.147. The van der Waals surface area contributed by atoms with Gasteiger partial charge < -0.3 is 5.32 Å². The monoisotopic (exact) mass is 321 g/mol. The van der Waals surface area contributed by atoms with Gasteiger partial charge in [-0.1, -0.05) is 18.2 Å². The summed E-state index contributed by atoms with van der Waals surface area (Å²) in [5, 5.41) is 2.56. The number of carbonyl (C=O) groups is 3. The lowest BCUT2D eigenvalue weighted by Gasteiger charge is -2.23. The van der Waals surface area contributed by atoms with Crippen LogP contribution in [0.4, 0.5) is 4.39 Å². The van der Waals surface area contributed by atoms with Crippen LogP contribution in [0.5, 0.6) is 0 Å². The smallest absolute Gasteiger partial charge is 0.247 e. The summed E-state index contributed by atoms with van der Waals surface area (Å²) in [4.78, 5) is 39.1. The van der Waals surface area contributed by atoms with E-state index in [-0.39, 0.29) is 24.8 Å². The summed E-state index contributed by atoms with van der Waals surface area (Å²) in [7, 11) is 3.42. The number of amides is 3. The van der Waals surface area contributed by atoms with Crippen molar-refractivity contribution in [1.82, 2.24) is 15.1 Å². The van der Waals surface area contributed by atoms with Gasteiger partial charge in [-0.05, 0) is 27.1 Å². The maximum Gasteiger partial charge on any atom is 0.247 e. The Morgan fingerprint density at radius 1 is 1.39 bits per heavy atom. The Bertz CT molecular complexity index is 633. The van der Waals surface area contributed by atoms with E-state index in [4.69, 9.17) is 0 Å². The molecule has 0 spiro atoms. The molecule has 7 heteroatoms. The average molecular weight is 321 g/mol. The van der Waals surface area contributed by atoms with Crippen LogP contribution in [0, 0.1) is 5.82 Å². The second kappa shape index (κ2) is 6.87. The number of nitrogens with zero attached hydrogens (tertiary/aromatic N) is 2. The summed E-state index contributed by atoms with van der Waals surface area (Å²) in [5.41, 5.74) is 0.346. The first-order valence-corrected chi connectivity index (χ1v) is 7.36. The molecule has 0 aromatic heterocycles. The van der Waals surface area contributed by atoms with E-state index in [2.05, 4.69) is 5.32 Å². The summed E-state index contributed by atoms with van der Waals surface area (Å²) < 4.78 is 13.5. The molecule has 6 nitrogen and oxygen atoms in total. The number of hydrogen-bond donors (Lipinski definition) is 1. The maximum atomic E-state index is 13.5. The fourth-order valence-corrected chi connectivity index (χ4v) is 2.53. The van der Waals surface area contributed by atoms with Crippen LogP contribution < -0.4 is 5.32 Å². The molecule has 1 heterocycles. The highest BCUT2D eigenvalue weighted by Gasteiger charge is 2.43. The minimum absolute atomic E-state index is 0.00315. The summed E-state index contributed by atoms with van der Waals surface area (Å²) in [6, 6.07) is 4.64. The van der Waals surface area contributed by atoms with Crippen molar-refractivity contribution in [2.45, 2.75) is 32.0 Å². The molecule has 1 aromatic carbocycles. The first kappa shape index (κ1) is 17.1. The second-order valence-electron chi connectivity index (χ2n) is 5.77. The molecule has 3 amide bonds. The van der Waals surface area contributed by atoms with E-state index < -0.39 is 23.8 Å². The van der Waals surface area contributed by atoms with Crippen LogP contribution in [0.3, 0.4) is 0 Å². The number of benzene rings is 1. The molecule has 23 heavy (non-hydrogen) atoms. The molecule has 0 radical (unpaired) electrons. The third kappa shape index (κ3) is 3.56. The van der Waals surface area contributed by atoms with Crippen molar-refractivity contribution in [3.8, 4) is 0 Å². The van der Waals surface area contributed by atoms with E-state index in [0.717, 1.165) is 4.90 Å². The molecular weight excluding hydrogens is 301 g/mol. The Morgan fingerprint density at radius 2 is 2.04 bits per heavy atom. The molecule has 2 rings (SSSR count). The van der Waals surface area contributed by atoms with Crippen LogP contribution in [0.15, 0.2) is 24.3 Å². The Hall–Kier alpha value is -2.28. The molecular formula is C16H20FN3O3. The molecule has 0 saturated carbocycles. The summed E-state index contributed by atoms with van der Waals surface area (Å²) >= 11 is 0. The molecule has 124 valence electrons. The first-order valence-electron chi connectivity index (χ1n) is 7.36. The van der Waals surface area contributed by atoms with Crippen LogP contribution in [0.1, 0.15) is 18.9 Å². The van der Waals surface area contributed by atoms with Gasteiger partial charge in [0.25, 0.3) is 0 Å². The van der Waals surface area contributed by atoms with Crippen LogP contribution in [0.2, 0.25) is 0 Å². The van der Waals surface area contributed by atoms with E-state index in [1.165, 1.54) is 13.0 Å². The molecule has 1 aromatic rings. The number of hydrogen-bond acceptors (Lipinski definition) is 4. The SMILES string of the molecule is CC(C(=O)NCc1ccccc1F)N1C(=O)C[C@H](N(C)C)C1=O. The molecule has 0 bridgehead atoms. The molecule has 1 saturated heterocycles. The van der Waals surface area contributed by atoms with Crippen molar-refractivity contribution in [3.05, 3.63) is 35.6 Å². The van der Waals surface area contributed by atoms with Gasteiger partial charge in [0.05, 0.1) is 12.5 Å². The molecule has 1 aliphatic rings. The Kier molecular flexibility index (Phi) is 5.10. The van der Waals surface area contributed by atoms with Gasteiger partial charge >= 0.3 is 0 Å². The highest BCUT2D eigenvalue weighted by Crippen LogP contribution is 2.19. The number of halogens is 1.